The molecule has 0 radical (unpaired) electrons. The number of hydrogen-bond donors (Lipinski definition) is 1. The van der Waals surface area contributed by atoms with Crippen LogP contribution in [-0.4, -0.2) is 24.7 Å². The van der Waals surface area contributed by atoms with Gasteiger partial charge in [-0.05, 0) is 47.9 Å². The number of nitrogens with zero attached hydrogens (tertiary/aromatic N) is 4. The van der Waals surface area contributed by atoms with Crippen LogP contribution in [0.2, 0.25) is 0 Å². The highest BCUT2D eigenvalue weighted by atomic mass is 16.1. The molecule has 136 valence electrons. The van der Waals surface area contributed by atoms with E-state index in [-0.39, 0.29) is 5.56 Å². The topological polar surface area (TPSA) is 76.5 Å². The van der Waals surface area contributed by atoms with E-state index in [9.17, 15) is 4.79 Å². The summed E-state index contributed by atoms with van der Waals surface area (Å²) in [6.45, 7) is 2.45. The highest BCUT2D eigenvalue weighted by Gasteiger charge is 2.08. The van der Waals surface area contributed by atoms with E-state index in [1.807, 2.05) is 31.2 Å². The molecular weight excluding hydrogens is 350 g/mol. The molecule has 5 rings (SSSR count). The molecule has 0 saturated heterocycles. The molecule has 3 heterocycles. The lowest BCUT2D eigenvalue weighted by Crippen LogP contribution is -2.21. The third kappa shape index (κ3) is 2.75. The van der Waals surface area contributed by atoms with E-state index in [1.165, 1.54) is 6.20 Å². The smallest absolute Gasteiger partial charge is 0.270 e. The van der Waals surface area contributed by atoms with Crippen LogP contribution in [0.15, 0.2) is 71.8 Å². The Morgan fingerprint density at radius 2 is 1.86 bits per heavy atom. The van der Waals surface area contributed by atoms with Crippen LogP contribution in [-0.2, 0) is 6.54 Å². The van der Waals surface area contributed by atoms with Gasteiger partial charge < -0.3 is 0 Å². The van der Waals surface area contributed by atoms with Crippen LogP contribution in [0.3, 0.4) is 0 Å². The fraction of sp³-hybridized carbons (Fsp3) is 0.0909. The molecule has 0 fully saturated rings. The highest BCUT2D eigenvalue weighted by Crippen LogP contribution is 2.25. The number of pyridine rings is 1. The third-order valence-corrected chi connectivity index (χ3v) is 4.95. The summed E-state index contributed by atoms with van der Waals surface area (Å²) in [5, 5.41) is 8.50. The Labute approximate surface area is 160 Å². The van der Waals surface area contributed by atoms with Gasteiger partial charge in [0.05, 0.1) is 18.3 Å². The molecule has 0 spiro atoms. The summed E-state index contributed by atoms with van der Waals surface area (Å²) >= 11 is 0. The largest absolute Gasteiger partial charge is 0.286 e. The number of nitrogens with one attached hydrogen (secondary N) is 1. The van der Waals surface area contributed by atoms with Crippen molar-refractivity contribution >= 4 is 22.1 Å². The Kier molecular flexibility index (Phi) is 3.76. The molecule has 0 amide bonds. The Morgan fingerprint density at radius 1 is 0.964 bits per heavy atom. The second-order valence-corrected chi connectivity index (χ2v) is 6.81. The zero-order valence-electron chi connectivity index (χ0n) is 15.3. The van der Waals surface area contributed by atoms with Crippen molar-refractivity contribution < 1.29 is 0 Å². The lowest BCUT2D eigenvalue weighted by atomic mass is 10.0. The molecule has 0 bridgehead atoms. The molecule has 1 N–H and O–H groups in total. The van der Waals surface area contributed by atoms with Crippen molar-refractivity contribution in [2.45, 2.75) is 13.5 Å². The van der Waals surface area contributed by atoms with E-state index in [2.05, 4.69) is 50.5 Å². The molecular formula is C22H17N5O. The average molecular weight is 367 g/mol. The van der Waals surface area contributed by atoms with Gasteiger partial charge >= 0.3 is 0 Å². The van der Waals surface area contributed by atoms with Crippen LogP contribution in [0.1, 0.15) is 11.3 Å². The van der Waals surface area contributed by atoms with Gasteiger partial charge in [-0.25, -0.2) is 9.97 Å². The standard InChI is InChI=1S/C22H17N5O/c1-14-18-8-7-17(11-20(18)26-25-14)16-5-2-4-15(10-16)13-27-21(28)12-24-19-6-3-9-23-22(19)27/h2-12H,13H2,1H3,(H,25,26). The van der Waals surface area contributed by atoms with Gasteiger partial charge in [0, 0.05) is 17.3 Å². The molecule has 3 aromatic heterocycles. The molecule has 0 aliphatic rings. The molecule has 6 heteroatoms. The van der Waals surface area contributed by atoms with Crippen LogP contribution in [0.5, 0.6) is 0 Å². The zero-order chi connectivity index (χ0) is 19.1. The summed E-state index contributed by atoms with van der Waals surface area (Å²) in [6, 6.07) is 18.1. The minimum absolute atomic E-state index is 0.162. The van der Waals surface area contributed by atoms with Crippen molar-refractivity contribution in [3.8, 4) is 11.1 Å². The van der Waals surface area contributed by atoms with Crippen LogP contribution in [0, 0.1) is 6.92 Å². The van der Waals surface area contributed by atoms with Crippen LogP contribution >= 0.6 is 0 Å². The SMILES string of the molecule is Cc1[nH]nc2cc(-c3cccc(Cn4c(=O)cnc5cccnc54)c3)ccc12. The van der Waals surface area contributed by atoms with Gasteiger partial charge in [-0.2, -0.15) is 5.10 Å². The molecule has 0 aliphatic heterocycles. The second-order valence-electron chi connectivity index (χ2n) is 6.81. The van der Waals surface area contributed by atoms with Crippen LogP contribution in [0.4, 0.5) is 0 Å². The van der Waals surface area contributed by atoms with Crippen LogP contribution < -0.4 is 5.56 Å². The number of H-pyrrole nitrogens is 1. The number of aromatic amines is 1. The molecule has 2 aromatic carbocycles. The molecule has 0 aliphatic carbocycles. The van der Waals surface area contributed by atoms with E-state index in [4.69, 9.17) is 0 Å². The monoisotopic (exact) mass is 367 g/mol. The van der Waals surface area contributed by atoms with E-state index in [1.54, 1.807) is 10.8 Å². The predicted molar refractivity (Wildman–Crippen MR) is 109 cm³/mol. The normalized spacial score (nSPS) is 11.3. The minimum Gasteiger partial charge on any atom is -0.286 e. The number of rotatable bonds is 3. The summed E-state index contributed by atoms with van der Waals surface area (Å²) in [7, 11) is 0. The minimum atomic E-state index is -0.162. The maximum absolute atomic E-state index is 12.4. The van der Waals surface area contributed by atoms with Crippen molar-refractivity contribution in [1.29, 1.82) is 0 Å². The zero-order valence-corrected chi connectivity index (χ0v) is 15.3. The first-order valence-electron chi connectivity index (χ1n) is 9.04. The fourth-order valence-corrected chi connectivity index (χ4v) is 3.51. The second kappa shape index (κ2) is 6.42. The molecule has 5 aromatic rings. The summed E-state index contributed by atoms with van der Waals surface area (Å²) in [4.78, 5) is 20.9. The summed E-state index contributed by atoms with van der Waals surface area (Å²) in [6.07, 6.45) is 3.03. The van der Waals surface area contributed by atoms with Gasteiger partial charge in [0.2, 0.25) is 0 Å². The number of aromatic nitrogens is 5. The third-order valence-electron chi connectivity index (χ3n) is 4.95. The first-order valence-corrected chi connectivity index (χ1v) is 9.04. The Balaban J connectivity index is 1.56. The van der Waals surface area contributed by atoms with Gasteiger partial charge in [-0.3, -0.25) is 14.5 Å². The first kappa shape index (κ1) is 16.4. The fourth-order valence-electron chi connectivity index (χ4n) is 3.51. The maximum atomic E-state index is 12.4. The van der Waals surface area contributed by atoms with Crippen molar-refractivity contribution in [2.24, 2.45) is 0 Å². The maximum Gasteiger partial charge on any atom is 0.270 e. The Hall–Kier alpha value is -3.80. The molecule has 0 atom stereocenters. The van der Waals surface area contributed by atoms with E-state index in [0.29, 0.717) is 17.7 Å². The number of benzene rings is 2. The molecule has 6 nitrogen and oxygen atoms in total. The predicted octanol–water partition coefficient (Wildman–Crippen LogP) is 3.69. The van der Waals surface area contributed by atoms with Crippen molar-refractivity contribution in [3.05, 3.63) is 88.6 Å². The van der Waals surface area contributed by atoms with Crippen molar-refractivity contribution in [2.75, 3.05) is 0 Å². The van der Waals surface area contributed by atoms with Gasteiger partial charge in [0.1, 0.15) is 5.52 Å². The summed E-state index contributed by atoms with van der Waals surface area (Å²) in [5.41, 5.74) is 6.34. The lowest BCUT2D eigenvalue weighted by Gasteiger charge is -2.10. The van der Waals surface area contributed by atoms with Crippen LogP contribution in [0.25, 0.3) is 33.2 Å². The Morgan fingerprint density at radius 3 is 2.79 bits per heavy atom. The lowest BCUT2D eigenvalue weighted by molar-refractivity contribution is 0.775. The van der Waals surface area contributed by atoms with E-state index < -0.39 is 0 Å². The summed E-state index contributed by atoms with van der Waals surface area (Å²) in [5.74, 6) is 0. The van der Waals surface area contributed by atoms with Gasteiger partial charge in [0.25, 0.3) is 5.56 Å². The first-order chi connectivity index (χ1) is 13.7. The van der Waals surface area contributed by atoms with Gasteiger partial charge in [-0.1, -0.05) is 30.3 Å². The summed E-state index contributed by atoms with van der Waals surface area (Å²) < 4.78 is 1.65. The molecule has 0 unspecified atom stereocenters. The number of fused-ring (bicyclic) bond motifs is 2. The van der Waals surface area contributed by atoms with Crippen molar-refractivity contribution in [3.63, 3.8) is 0 Å². The number of hydrogen-bond acceptors (Lipinski definition) is 4. The highest BCUT2D eigenvalue weighted by molar-refractivity contribution is 5.86. The average Bonchev–Trinajstić information content (AvgIpc) is 3.11. The van der Waals surface area contributed by atoms with E-state index in [0.717, 1.165) is 33.3 Å². The number of aryl methyl sites for hydroxylation is 1. The molecule has 28 heavy (non-hydrogen) atoms. The Bertz CT molecular complexity index is 1380. The van der Waals surface area contributed by atoms with Crippen molar-refractivity contribution in [1.82, 2.24) is 24.7 Å². The van der Waals surface area contributed by atoms with Gasteiger partial charge in [-0.15, -0.1) is 0 Å². The van der Waals surface area contributed by atoms with E-state index >= 15 is 0 Å². The molecule has 0 saturated carbocycles. The quantitative estimate of drug-likeness (QED) is 0.528. The van der Waals surface area contributed by atoms with Gasteiger partial charge in [0.15, 0.2) is 5.65 Å².